The highest BCUT2D eigenvalue weighted by atomic mass is 32.2. The van der Waals surface area contributed by atoms with Gasteiger partial charge in [-0.05, 0) is 67.6 Å². The van der Waals surface area contributed by atoms with E-state index in [-0.39, 0.29) is 10.8 Å². The van der Waals surface area contributed by atoms with Gasteiger partial charge in [0, 0.05) is 32.0 Å². The van der Waals surface area contributed by atoms with Gasteiger partial charge in [0.1, 0.15) is 0 Å². The average molecular weight is 464 g/mol. The van der Waals surface area contributed by atoms with Crippen molar-refractivity contribution in [1.82, 2.24) is 8.87 Å². The third kappa shape index (κ3) is 4.54. The first kappa shape index (κ1) is 22.7. The van der Waals surface area contributed by atoms with Gasteiger partial charge in [0.2, 0.25) is 10.0 Å². The lowest BCUT2D eigenvalue weighted by atomic mass is 10.1. The van der Waals surface area contributed by atoms with E-state index in [0.29, 0.717) is 10.4 Å². The Bertz CT molecular complexity index is 1250. The van der Waals surface area contributed by atoms with E-state index in [1.807, 2.05) is 0 Å². The molecule has 30 heavy (non-hydrogen) atoms. The molecule has 0 bridgehead atoms. The Morgan fingerprint density at radius 3 is 2.37 bits per heavy atom. The molecule has 0 fully saturated rings. The summed E-state index contributed by atoms with van der Waals surface area (Å²) < 4.78 is 28.8. The number of thiazole rings is 1. The topological polar surface area (TPSA) is 71.7 Å². The minimum absolute atomic E-state index is 0.145. The summed E-state index contributed by atoms with van der Waals surface area (Å²) in [7, 11) is -0.585. The zero-order valence-corrected chi connectivity index (χ0v) is 20.1. The van der Waals surface area contributed by atoms with Crippen molar-refractivity contribution in [3.63, 3.8) is 0 Å². The molecule has 0 spiro atoms. The number of sulfonamides is 1. The number of hydrogen-bond acceptors (Lipinski definition) is 5. The minimum Gasteiger partial charge on any atom is -0.315 e. The van der Waals surface area contributed by atoms with Gasteiger partial charge in [-0.1, -0.05) is 11.3 Å². The molecule has 0 saturated carbocycles. The van der Waals surface area contributed by atoms with Gasteiger partial charge in [0.25, 0.3) is 5.91 Å². The van der Waals surface area contributed by atoms with Crippen LogP contribution in [-0.2, 0) is 16.6 Å². The number of benzene rings is 2. The number of hydrogen-bond donors (Lipinski definition) is 0. The predicted molar refractivity (Wildman–Crippen MR) is 125 cm³/mol. The number of aryl methyl sites for hydroxylation is 3. The standard InChI is InChI=1S/C21H25N3O3S3/c1-14-12-18-19(13-15(14)2)29-21(24(18)10-11-28-5)22-20(25)16-6-8-17(9-7-16)30(26,27)23(3)4/h6-9,12-13H,10-11H2,1-5H3. The lowest BCUT2D eigenvalue weighted by Gasteiger charge is -2.11. The maximum Gasteiger partial charge on any atom is 0.279 e. The summed E-state index contributed by atoms with van der Waals surface area (Å²) in [6.07, 6.45) is 2.05. The maximum absolute atomic E-state index is 12.8. The number of fused-ring (bicyclic) bond motifs is 1. The van der Waals surface area contributed by atoms with Gasteiger partial charge in [0.15, 0.2) is 4.80 Å². The molecule has 1 heterocycles. The largest absolute Gasteiger partial charge is 0.315 e. The Morgan fingerprint density at radius 1 is 1.13 bits per heavy atom. The first-order chi connectivity index (χ1) is 14.1. The van der Waals surface area contributed by atoms with E-state index in [4.69, 9.17) is 0 Å². The van der Waals surface area contributed by atoms with E-state index >= 15 is 0 Å². The molecule has 3 aromatic rings. The van der Waals surface area contributed by atoms with Gasteiger partial charge < -0.3 is 4.57 Å². The van der Waals surface area contributed by atoms with Crippen LogP contribution in [0, 0.1) is 13.8 Å². The lowest BCUT2D eigenvalue weighted by molar-refractivity contribution is 0.0997. The fourth-order valence-corrected chi connectivity index (χ4v) is 5.34. The molecule has 0 unspecified atom stereocenters. The van der Waals surface area contributed by atoms with Crippen molar-refractivity contribution in [1.29, 1.82) is 0 Å². The molecule has 9 heteroatoms. The van der Waals surface area contributed by atoms with E-state index in [1.54, 1.807) is 11.8 Å². The smallest absolute Gasteiger partial charge is 0.279 e. The van der Waals surface area contributed by atoms with Crippen molar-refractivity contribution in [3.8, 4) is 0 Å². The third-order valence-corrected chi connectivity index (χ3v) is 8.36. The summed E-state index contributed by atoms with van der Waals surface area (Å²) in [4.78, 5) is 18.0. The first-order valence-electron chi connectivity index (χ1n) is 9.36. The molecule has 0 aliphatic rings. The van der Waals surface area contributed by atoms with E-state index in [0.717, 1.165) is 26.8 Å². The van der Waals surface area contributed by atoms with Crippen LogP contribution in [-0.4, -0.2) is 49.3 Å². The summed E-state index contributed by atoms with van der Waals surface area (Å²) in [5.74, 6) is 0.527. The highest BCUT2D eigenvalue weighted by Crippen LogP contribution is 2.22. The molecule has 1 aromatic heterocycles. The van der Waals surface area contributed by atoms with Gasteiger partial charge in [0.05, 0.1) is 15.1 Å². The quantitative estimate of drug-likeness (QED) is 0.559. The van der Waals surface area contributed by atoms with Crippen LogP contribution < -0.4 is 4.80 Å². The molecule has 0 aliphatic heterocycles. The summed E-state index contributed by atoms with van der Waals surface area (Å²) in [5, 5.41) is 0. The van der Waals surface area contributed by atoms with Crippen molar-refractivity contribution in [3.05, 3.63) is 57.9 Å². The number of nitrogens with zero attached hydrogens (tertiary/aromatic N) is 3. The summed E-state index contributed by atoms with van der Waals surface area (Å²) in [5.41, 5.74) is 3.84. The van der Waals surface area contributed by atoms with Gasteiger partial charge in [-0.3, -0.25) is 4.79 Å². The summed E-state index contributed by atoms with van der Waals surface area (Å²) in [6, 6.07) is 10.2. The zero-order valence-electron chi connectivity index (χ0n) is 17.7. The van der Waals surface area contributed by atoms with Crippen LogP contribution in [0.5, 0.6) is 0 Å². The molecule has 6 nitrogen and oxygen atoms in total. The van der Waals surface area contributed by atoms with Crippen LogP contribution in [0.15, 0.2) is 46.3 Å². The molecular formula is C21H25N3O3S3. The Hall–Kier alpha value is -1.94. The number of carbonyl (C=O) groups is 1. The third-order valence-electron chi connectivity index (χ3n) is 4.89. The van der Waals surface area contributed by atoms with Crippen LogP contribution in [0.4, 0.5) is 0 Å². The van der Waals surface area contributed by atoms with Crippen LogP contribution in [0.2, 0.25) is 0 Å². The Balaban J connectivity index is 2.04. The van der Waals surface area contributed by atoms with Crippen LogP contribution in [0.1, 0.15) is 21.5 Å². The van der Waals surface area contributed by atoms with Gasteiger partial charge in [-0.25, -0.2) is 12.7 Å². The van der Waals surface area contributed by atoms with Crippen molar-refractivity contribution < 1.29 is 13.2 Å². The van der Waals surface area contributed by atoms with Gasteiger partial charge in [-0.15, -0.1) is 0 Å². The Kier molecular flexibility index (Phi) is 6.86. The molecular weight excluding hydrogens is 438 g/mol. The fourth-order valence-electron chi connectivity index (χ4n) is 2.94. The second kappa shape index (κ2) is 9.05. The van der Waals surface area contributed by atoms with Crippen LogP contribution >= 0.6 is 23.1 Å². The molecule has 0 saturated heterocycles. The van der Waals surface area contributed by atoms with Crippen molar-refractivity contribution in [2.24, 2.45) is 4.99 Å². The van der Waals surface area contributed by atoms with Gasteiger partial charge in [-0.2, -0.15) is 16.8 Å². The maximum atomic E-state index is 12.8. The van der Waals surface area contributed by atoms with Crippen molar-refractivity contribution >= 4 is 49.2 Å². The molecule has 3 rings (SSSR count). The van der Waals surface area contributed by atoms with E-state index < -0.39 is 10.0 Å². The normalized spacial score (nSPS) is 12.8. The van der Waals surface area contributed by atoms with E-state index in [9.17, 15) is 13.2 Å². The molecule has 0 N–H and O–H groups in total. The SMILES string of the molecule is CSCCn1c(=NC(=O)c2ccc(S(=O)(=O)N(C)C)cc2)sc2cc(C)c(C)cc21. The fraction of sp³-hybridized carbons (Fsp3) is 0.333. The molecule has 0 radical (unpaired) electrons. The average Bonchev–Trinajstić information content (AvgIpc) is 3.02. The first-order valence-corrected chi connectivity index (χ1v) is 13.0. The lowest BCUT2D eigenvalue weighted by Crippen LogP contribution is -2.22. The summed E-state index contributed by atoms with van der Waals surface area (Å²) in [6.45, 7) is 4.92. The Labute approximate surface area is 185 Å². The van der Waals surface area contributed by atoms with E-state index in [1.165, 1.54) is 60.8 Å². The molecule has 0 atom stereocenters. The molecule has 1 amide bonds. The second-order valence-electron chi connectivity index (χ2n) is 7.16. The number of rotatable bonds is 6. The number of aromatic nitrogens is 1. The van der Waals surface area contributed by atoms with Crippen LogP contribution in [0.3, 0.4) is 0 Å². The number of amides is 1. The summed E-state index contributed by atoms with van der Waals surface area (Å²) >= 11 is 3.24. The van der Waals surface area contributed by atoms with Crippen LogP contribution in [0.25, 0.3) is 10.2 Å². The highest BCUT2D eigenvalue weighted by molar-refractivity contribution is 7.98. The molecule has 2 aromatic carbocycles. The number of thioether (sulfide) groups is 1. The highest BCUT2D eigenvalue weighted by Gasteiger charge is 2.17. The van der Waals surface area contributed by atoms with Crippen molar-refractivity contribution in [2.45, 2.75) is 25.3 Å². The van der Waals surface area contributed by atoms with Crippen molar-refractivity contribution in [2.75, 3.05) is 26.1 Å². The monoisotopic (exact) mass is 463 g/mol. The van der Waals surface area contributed by atoms with Gasteiger partial charge >= 0.3 is 0 Å². The molecule has 160 valence electrons. The zero-order chi connectivity index (χ0) is 22.1. The minimum atomic E-state index is -3.53. The van der Waals surface area contributed by atoms with E-state index in [2.05, 4.69) is 41.8 Å². The Morgan fingerprint density at radius 2 is 1.77 bits per heavy atom. The number of carbonyl (C=O) groups excluding carboxylic acids is 1. The molecule has 0 aliphatic carbocycles. The second-order valence-corrected chi connectivity index (χ2v) is 11.3. The predicted octanol–water partition coefficient (Wildman–Crippen LogP) is 3.67.